The van der Waals surface area contributed by atoms with Crippen LogP contribution in [0.1, 0.15) is 97.6 Å². The summed E-state index contributed by atoms with van der Waals surface area (Å²) in [5.41, 5.74) is -1.63. The number of amides is 4. The average molecular weight is 904 g/mol. The molecule has 344 valence electrons. The van der Waals surface area contributed by atoms with Gasteiger partial charge in [-0.25, -0.2) is 9.36 Å². The number of esters is 2. The highest BCUT2D eigenvalue weighted by atomic mass is 35.5. The third-order valence-electron chi connectivity index (χ3n) is 8.95. The molecule has 0 bridgehead atoms. The van der Waals surface area contributed by atoms with Crippen molar-refractivity contribution in [3.05, 3.63) is 95.1 Å². The van der Waals surface area contributed by atoms with Crippen molar-refractivity contribution in [2.45, 2.75) is 123 Å². The van der Waals surface area contributed by atoms with Gasteiger partial charge in [0.2, 0.25) is 17.7 Å². The van der Waals surface area contributed by atoms with Crippen LogP contribution in [-0.2, 0) is 44.6 Å². The van der Waals surface area contributed by atoms with E-state index in [9.17, 15) is 33.6 Å². The Hall–Kier alpha value is -6.42. The minimum atomic E-state index is -1.67. The maximum absolute atomic E-state index is 14.5. The fourth-order valence-electron chi connectivity index (χ4n) is 6.27. The number of halogens is 1. The molecule has 64 heavy (non-hydrogen) atoms. The molecule has 1 heterocycles. The van der Waals surface area contributed by atoms with Gasteiger partial charge in [-0.3, -0.25) is 28.8 Å². The Balaban J connectivity index is 1.72. The normalized spacial score (nSPS) is 13.1. The first-order chi connectivity index (χ1) is 29.8. The molecule has 0 spiro atoms. The van der Waals surface area contributed by atoms with Gasteiger partial charge in [0.15, 0.2) is 0 Å². The van der Waals surface area contributed by atoms with Crippen molar-refractivity contribution in [2.75, 3.05) is 12.4 Å². The van der Waals surface area contributed by atoms with Crippen molar-refractivity contribution >= 4 is 69.9 Å². The molecular formula is C47H58ClN5O11. The van der Waals surface area contributed by atoms with E-state index in [-0.39, 0.29) is 25.0 Å². The summed E-state index contributed by atoms with van der Waals surface area (Å²) < 4.78 is 23.0. The van der Waals surface area contributed by atoms with Crippen LogP contribution in [0, 0.1) is 0 Å². The van der Waals surface area contributed by atoms with Gasteiger partial charge in [0.25, 0.3) is 5.91 Å². The lowest BCUT2D eigenvalue weighted by Crippen LogP contribution is -2.57. The Kier molecular flexibility index (Phi) is 16.7. The zero-order valence-electron chi connectivity index (χ0n) is 37.9. The molecule has 17 heteroatoms. The number of fused-ring (bicyclic) bond motifs is 1. The predicted octanol–water partition coefficient (Wildman–Crippen LogP) is 6.89. The number of methoxy groups -OCH3 is 1. The molecule has 1 aromatic heterocycles. The second kappa shape index (κ2) is 21.3. The number of nitrogens with zero attached hydrogens (tertiary/aromatic N) is 1. The predicted molar refractivity (Wildman–Crippen MR) is 241 cm³/mol. The standard InChI is InChI=1S/C47H58ClN5O11/c1-45(2,3)62-38(54)23-21-33(40(56)49-31-14-12-11-13-15-31)50-42(58)35(27-39(55)63-46(4,5)6)51-41(57)34(24-28-16-19-32(61-10)20-17-28)52-43(59)37-26-29-25-30(48)18-22-36(29)53(37)44(60)64-47(7,8)9/h11-20,22,25-26,33-35H,21,23-24,27H2,1-10H3,(H,49,56)(H,50,58)(H,51,57)(H,52,59)/t33-,34-,35-/m0/s1. The van der Waals surface area contributed by atoms with Gasteiger partial charge in [-0.05, 0) is 123 Å². The molecule has 4 aromatic rings. The third-order valence-corrected chi connectivity index (χ3v) is 9.18. The molecule has 0 saturated heterocycles. The zero-order chi connectivity index (χ0) is 47.6. The van der Waals surface area contributed by atoms with Gasteiger partial charge >= 0.3 is 18.0 Å². The van der Waals surface area contributed by atoms with Gasteiger partial charge in [0.1, 0.15) is 46.4 Å². The molecule has 4 rings (SSSR count). The second-order valence-electron chi connectivity index (χ2n) is 18.0. The smallest absolute Gasteiger partial charge is 0.419 e. The minimum Gasteiger partial charge on any atom is -0.497 e. The highest BCUT2D eigenvalue weighted by Crippen LogP contribution is 2.26. The van der Waals surface area contributed by atoms with E-state index in [1.165, 1.54) is 13.2 Å². The van der Waals surface area contributed by atoms with Crippen LogP contribution >= 0.6 is 11.6 Å². The van der Waals surface area contributed by atoms with E-state index in [1.54, 1.807) is 135 Å². The van der Waals surface area contributed by atoms with Gasteiger partial charge in [-0.15, -0.1) is 0 Å². The molecule has 4 N–H and O–H groups in total. The van der Waals surface area contributed by atoms with Crippen LogP contribution in [0.25, 0.3) is 10.9 Å². The third kappa shape index (κ3) is 15.7. The number of anilines is 1. The highest BCUT2D eigenvalue weighted by Gasteiger charge is 2.34. The fraction of sp³-hybridized carbons (Fsp3) is 0.426. The van der Waals surface area contributed by atoms with Crippen LogP contribution in [0.3, 0.4) is 0 Å². The van der Waals surface area contributed by atoms with Crippen molar-refractivity contribution in [1.82, 2.24) is 20.5 Å². The minimum absolute atomic E-state index is 0.140. The number of ether oxygens (including phenoxy) is 4. The molecule has 4 amide bonds. The molecule has 0 saturated carbocycles. The van der Waals surface area contributed by atoms with Crippen LogP contribution in [0.2, 0.25) is 5.02 Å². The molecule has 0 aliphatic carbocycles. The second-order valence-corrected chi connectivity index (χ2v) is 18.5. The largest absolute Gasteiger partial charge is 0.497 e. The maximum Gasteiger partial charge on any atom is 0.419 e. The van der Waals surface area contributed by atoms with Gasteiger partial charge in [-0.2, -0.15) is 0 Å². The highest BCUT2D eigenvalue weighted by molar-refractivity contribution is 6.31. The van der Waals surface area contributed by atoms with Crippen molar-refractivity contribution in [3.8, 4) is 5.75 Å². The zero-order valence-corrected chi connectivity index (χ0v) is 38.6. The van der Waals surface area contributed by atoms with Crippen LogP contribution in [0.5, 0.6) is 5.75 Å². The summed E-state index contributed by atoms with van der Waals surface area (Å²) in [5, 5.41) is 11.4. The summed E-state index contributed by atoms with van der Waals surface area (Å²) in [5.74, 6) is -4.37. The molecule has 16 nitrogen and oxygen atoms in total. The van der Waals surface area contributed by atoms with Crippen LogP contribution in [-0.4, -0.2) is 88.3 Å². The molecule has 3 atom stereocenters. The number of rotatable bonds is 16. The summed E-state index contributed by atoms with van der Waals surface area (Å²) in [6, 6.07) is 16.7. The van der Waals surface area contributed by atoms with Crippen molar-refractivity contribution in [2.24, 2.45) is 0 Å². The van der Waals surface area contributed by atoms with Crippen molar-refractivity contribution < 1.29 is 52.5 Å². The number of benzene rings is 3. The monoisotopic (exact) mass is 903 g/mol. The van der Waals surface area contributed by atoms with Crippen LogP contribution < -0.4 is 26.0 Å². The molecule has 0 radical (unpaired) electrons. The molecule has 3 aromatic carbocycles. The number of carbonyl (C=O) groups excluding carboxylic acids is 7. The van der Waals surface area contributed by atoms with E-state index < -0.39 is 83.0 Å². The summed E-state index contributed by atoms with van der Waals surface area (Å²) in [4.78, 5) is 96.5. The van der Waals surface area contributed by atoms with Crippen LogP contribution in [0.4, 0.5) is 10.5 Å². The SMILES string of the molecule is COc1ccc(C[C@H](NC(=O)c2cc3cc(Cl)ccc3n2C(=O)OC(C)(C)C)C(=O)N[C@@H](CC(=O)OC(C)(C)C)C(=O)N[C@@H](CCC(=O)OC(C)(C)C)C(=O)Nc2ccccc2)cc1. The summed E-state index contributed by atoms with van der Waals surface area (Å²) in [7, 11) is 1.49. The number of aromatic nitrogens is 1. The topological polar surface area (TPSA) is 209 Å². The number of para-hydroxylation sites is 1. The number of carbonyl (C=O) groups is 7. The fourth-order valence-corrected chi connectivity index (χ4v) is 6.46. The molecule has 0 unspecified atom stereocenters. The van der Waals surface area contributed by atoms with E-state index in [2.05, 4.69) is 21.3 Å². The quantitative estimate of drug-likeness (QED) is 0.0672. The van der Waals surface area contributed by atoms with Gasteiger partial charge in [0, 0.05) is 28.9 Å². The lowest BCUT2D eigenvalue weighted by atomic mass is 10.0. The Bertz CT molecular complexity index is 2330. The van der Waals surface area contributed by atoms with Gasteiger partial charge < -0.3 is 40.2 Å². The van der Waals surface area contributed by atoms with E-state index >= 15 is 0 Å². The van der Waals surface area contributed by atoms with E-state index in [0.29, 0.717) is 32.9 Å². The number of hydrogen-bond acceptors (Lipinski definition) is 11. The Labute approximate surface area is 378 Å². The molecular weight excluding hydrogens is 846 g/mol. The maximum atomic E-state index is 14.5. The Morgan fingerprint density at radius 2 is 1.22 bits per heavy atom. The average Bonchev–Trinajstić information content (AvgIpc) is 3.56. The molecule has 0 fully saturated rings. The lowest BCUT2D eigenvalue weighted by molar-refractivity contribution is -0.156. The van der Waals surface area contributed by atoms with Gasteiger partial charge in [0.05, 0.1) is 19.0 Å². The van der Waals surface area contributed by atoms with E-state index in [4.69, 9.17) is 30.5 Å². The lowest BCUT2D eigenvalue weighted by Gasteiger charge is -2.27. The van der Waals surface area contributed by atoms with E-state index in [0.717, 1.165) is 4.57 Å². The van der Waals surface area contributed by atoms with Crippen LogP contribution in [0.15, 0.2) is 78.9 Å². The van der Waals surface area contributed by atoms with Gasteiger partial charge in [-0.1, -0.05) is 41.9 Å². The first kappa shape index (κ1) is 50.2. The number of hydrogen-bond donors (Lipinski definition) is 4. The summed E-state index contributed by atoms with van der Waals surface area (Å²) in [6.07, 6.45) is -2.17. The first-order valence-electron chi connectivity index (χ1n) is 20.7. The molecule has 0 aliphatic rings. The van der Waals surface area contributed by atoms with Crippen molar-refractivity contribution in [3.63, 3.8) is 0 Å². The van der Waals surface area contributed by atoms with Crippen molar-refractivity contribution in [1.29, 1.82) is 0 Å². The summed E-state index contributed by atoms with van der Waals surface area (Å²) in [6.45, 7) is 15.0. The Morgan fingerprint density at radius 1 is 0.641 bits per heavy atom. The number of nitrogens with one attached hydrogen (secondary N) is 4. The van der Waals surface area contributed by atoms with E-state index in [1.807, 2.05) is 0 Å². The Morgan fingerprint density at radius 3 is 1.81 bits per heavy atom. The summed E-state index contributed by atoms with van der Waals surface area (Å²) >= 11 is 6.27. The first-order valence-corrected chi connectivity index (χ1v) is 21.1. The molecule has 0 aliphatic heterocycles.